The summed E-state index contributed by atoms with van der Waals surface area (Å²) in [7, 11) is 0. The molecule has 0 aliphatic carbocycles. The Kier molecular flexibility index (Phi) is 11.2. The Morgan fingerprint density at radius 2 is 1.12 bits per heavy atom. The molecule has 0 fully saturated rings. The van der Waals surface area contributed by atoms with E-state index < -0.39 is 37.5 Å². The number of allylic oxidation sites excluding steroid dienone is 2. The van der Waals surface area contributed by atoms with E-state index in [2.05, 4.69) is 9.47 Å². The summed E-state index contributed by atoms with van der Waals surface area (Å²) in [4.78, 5) is 0. The number of rotatable bonds is 14. The Labute approximate surface area is 143 Å². The van der Waals surface area contributed by atoms with Gasteiger partial charge in [0.15, 0.2) is 13.3 Å². The van der Waals surface area contributed by atoms with E-state index in [0.29, 0.717) is 12.8 Å². The van der Waals surface area contributed by atoms with Gasteiger partial charge in [-0.2, -0.15) is 17.6 Å². The minimum atomic E-state index is -4.19. The van der Waals surface area contributed by atoms with Crippen molar-refractivity contribution in [3.8, 4) is 0 Å². The average molecular weight is 378 g/mol. The van der Waals surface area contributed by atoms with Crippen LogP contribution in [0.2, 0.25) is 0 Å². The van der Waals surface area contributed by atoms with Crippen LogP contribution in [0.15, 0.2) is 24.0 Å². The number of hydrogen-bond acceptors (Lipinski definition) is 3. The van der Waals surface area contributed by atoms with E-state index in [1.807, 2.05) is 13.8 Å². The van der Waals surface area contributed by atoms with Crippen molar-refractivity contribution in [2.75, 3.05) is 13.3 Å². The molecule has 25 heavy (non-hydrogen) atoms. The summed E-state index contributed by atoms with van der Waals surface area (Å²) < 4.78 is 89.8. The van der Waals surface area contributed by atoms with E-state index in [0.717, 1.165) is 25.0 Å². The van der Waals surface area contributed by atoms with Crippen molar-refractivity contribution >= 4 is 0 Å². The van der Waals surface area contributed by atoms with Gasteiger partial charge in [-0.15, -0.1) is 0 Å². The van der Waals surface area contributed by atoms with Gasteiger partial charge >= 0.3 is 12.2 Å². The van der Waals surface area contributed by atoms with Crippen LogP contribution in [0.5, 0.6) is 0 Å². The third-order valence-corrected chi connectivity index (χ3v) is 2.75. The first-order chi connectivity index (χ1) is 11.7. The van der Waals surface area contributed by atoms with Crippen LogP contribution in [0.4, 0.5) is 26.3 Å². The van der Waals surface area contributed by atoms with E-state index in [-0.39, 0.29) is 12.8 Å². The van der Waals surface area contributed by atoms with E-state index in [1.165, 1.54) is 0 Å². The minimum absolute atomic E-state index is 0.232. The maximum absolute atomic E-state index is 13.1. The molecule has 0 atom stereocenters. The number of alkyl halides is 6. The van der Waals surface area contributed by atoms with Crippen molar-refractivity contribution < 1.29 is 40.6 Å². The van der Waals surface area contributed by atoms with Crippen LogP contribution in [0.25, 0.3) is 0 Å². The standard InChI is InChI=1S/C16H24F6O3/c1-3-5-7-9-13(24-15(19,20)11-17)23-14(10-8-6-4-2)25-16(21,22)12-18/h9-10H,3-8,11-12H2,1-2H3/b13-9+,14-10+. The number of unbranched alkanes of at least 4 members (excludes halogenated alkanes) is 4. The monoisotopic (exact) mass is 378 g/mol. The highest BCUT2D eigenvalue weighted by atomic mass is 19.3. The van der Waals surface area contributed by atoms with Crippen LogP contribution >= 0.6 is 0 Å². The van der Waals surface area contributed by atoms with Crippen molar-refractivity contribution in [3.63, 3.8) is 0 Å². The molecule has 0 saturated carbocycles. The van der Waals surface area contributed by atoms with Crippen molar-refractivity contribution in [1.82, 2.24) is 0 Å². The molecule has 0 aliphatic rings. The zero-order valence-corrected chi connectivity index (χ0v) is 14.3. The molecule has 0 unspecified atom stereocenters. The zero-order chi connectivity index (χ0) is 19.3. The molecule has 0 bridgehead atoms. The quantitative estimate of drug-likeness (QED) is 0.204. The van der Waals surface area contributed by atoms with Crippen molar-refractivity contribution in [1.29, 1.82) is 0 Å². The first kappa shape index (κ1) is 23.5. The number of halogens is 6. The predicted octanol–water partition coefficient (Wildman–Crippen LogP) is 6.22. The second-order valence-electron chi connectivity index (χ2n) is 5.18. The Hall–Kier alpha value is -1.54. The van der Waals surface area contributed by atoms with Gasteiger partial charge in [-0.3, -0.25) is 0 Å². The van der Waals surface area contributed by atoms with Crippen molar-refractivity contribution in [2.24, 2.45) is 0 Å². The molecular weight excluding hydrogens is 354 g/mol. The molecule has 0 saturated heterocycles. The average Bonchev–Trinajstić information content (AvgIpc) is 2.54. The lowest BCUT2D eigenvalue weighted by molar-refractivity contribution is -0.269. The maximum Gasteiger partial charge on any atom is 0.429 e. The first-order valence-electron chi connectivity index (χ1n) is 8.03. The Morgan fingerprint density at radius 1 is 0.760 bits per heavy atom. The molecular formula is C16H24F6O3. The maximum atomic E-state index is 13.1. The van der Waals surface area contributed by atoms with Crippen LogP contribution in [0, 0.1) is 0 Å². The van der Waals surface area contributed by atoms with Crippen LogP contribution in [-0.4, -0.2) is 25.6 Å². The second-order valence-corrected chi connectivity index (χ2v) is 5.18. The molecule has 0 radical (unpaired) electrons. The van der Waals surface area contributed by atoms with Gasteiger partial charge in [0.25, 0.3) is 11.9 Å². The van der Waals surface area contributed by atoms with Gasteiger partial charge in [-0.05, 0) is 37.8 Å². The topological polar surface area (TPSA) is 27.7 Å². The van der Waals surface area contributed by atoms with Gasteiger partial charge in [0, 0.05) is 0 Å². The van der Waals surface area contributed by atoms with E-state index in [9.17, 15) is 26.3 Å². The highest BCUT2D eigenvalue weighted by molar-refractivity contribution is 4.94. The Bertz CT molecular complexity index is 386. The molecule has 9 heteroatoms. The molecule has 0 aromatic rings. The third kappa shape index (κ3) is 11.6. The van der Waals surface area contributed by atoms with E-state index in [4.69, 9.17) is 4.74 Å². The normalized spacial score (nSPS) is 13.8. The molecule has 0 aromatic carbocycles. The van der Waals surface area contributed by atoms with Gasteiger partial charge in [0.05, 0.1) is 0 Å². The van der Waals surface area contributed by atoms with Crippen molar-refractivity contribution in [3.05, 3.63) is 24.0 Å². The summed E-state index contributed by atoms with van der Waals surface area (Å²) in [6.07, 6.45) is -3.18. The Morgan fingerprint density at radius 3 is 1.40 bits per heavy atom. The third-order valence-electron chi connectivity index (χ3n) is 2.75. The smallest absolute Gasteiger partial charge is 0.398 e. The summed E-state index contributed by atoms with van der Waals surface area (Å²) in [6, 6.07) is 0. The Balaban J connectivity index is 5.26. The largest absolute Gasteiger partial charge is 0.429 e. The van der Waals surface area contributed by atoms with Gasteiger partial charge in [0.2, 0.25) is 0 Å². The van der Waals surface area contributed by atoms with Gasteiger partial charge in [-0.1, -0.05) is 26.7 Å². The molecule has 148 valence electrons. The summed E-state index contributed by atoms with van der Waals surface area (Å²) in [5, 5.41) is 0. The molecule has 0 N–H and O–H groups in total. The van der Waals surface area contributed by atoms with Crippen LogP contribution < -0.4 is 0 Å². The van der Waals surface area contributed by atoms with Crippen LogP contribution in [0.3, 0.4) is 0 Å². The van der Waals surface area contributed by atoms with E-state index in [1.54, 1.807) is 0 Å². The fourth-order valence-corrected chi connectivity index (χ4v) is 1.50. The highest BCUT2D eigenvalue weighted by Gasteiger charge is 2.36. The first-order valence-corrected chi connectivity index (χ1v) is 8.03. The van der Waals surface area contributed by atoms with Gasteiger partial charge in [0.1, 0.15) is 0 Å². The van der Waals surface area contributed by atoms with Crippen LogP contribution in [-0.2, 0) is 14.2 Å². The molecule has 0 rings (SSSR count). The molecule has 0 amide bonds. The van der Waals surface area contributed by atoms with Crippen LogP contribution in [0.1, 0.15) is 52.4 Å². The molecule has 0 aromatic heterocycles. The minimum Gasteiger partial charge on any atom is -0.398 e. The molecule has 0 aliphatic heterocycles. The fourth-order valence-electron chi connectivity index (χ4n) is 1.50. The molecule has 0 heterocycles. The molecule has 3 nitrogen and oxygen atoms in total. The lowest BCUT2D eigenvalue weighted by Gasteiger charge is -2.21. The zero-order valence-electron chi connectivity index (χ0n) is 14.3. The summed E-state index contributed by atoms with van der Waals surface area (Å²) in [5.41, 5.74) is 0. The lowest BCUT2D eigenvalue weighted by atomic mass is 10.2. The van der Waals surface area contributed by atoms with Gasteiger partial charge < -0.3 is 14.2 Å². The predicted molar refractivity (Wildman–Crippen MR) is 80.3 cm³/mol. The lowest BCUT2D eigenvalue weighted by Crippen LogP contribution is -2.26. The van der Waals surface area contributed by atoms with E-state index >= 15 is 0 Å². The highest BCUT2D eigenvalue weighted by Crippen LogP contribution is 2.27. The summed E-state index contributed by atoms with van der Waals surface area (Å²) in [5.74, 6) is -1.76. The summed E-state index contributed by atoms with van der Waals surface area (Å²) in [6.45, 7) is -0.575. The molecule has 0 spiro atoms. The number of ether oxygens (including phenoxy) is 3. The second kappa shape index (κ2) is 11.9. The SMILES string of the molecule is CCCC/C=C(\O/C(=C\CCCC)OC(F)(F)CF)OC(F)(F)CF. The van der Waals surface area contributed by atoms with Gasteiger partial charge in [-0.25, -0.2) is 8.78 Å². The number of hydrogen-bond donors (Lipinski definition) is 0. The fraction of sp³-hybridized carbons (Fsp3) is 0.750. The van der Waals surface area contributed by atoms with Crippen molar-refractivity contribution in [2.45, 2.75) is 64.6 Å². The summed E-state index contributed by atoms with van der Waals surface area (Å²) >= 11 is 0.